The van der Waals surface area contributed by atoms with Crippen LogP contribution in [0, 0.1) is 6.92 Å². The molecule has 2 atom stereocenters. The maximum Gasteiger partial charge on any atom is -1.00 e. The van der Waals surface area contributed by atoms with Crippen molar-refractivity contribution in [1.29, 1.82) is 0 Å². The van der Waals surface area contributed by atoms with Crippen molar-refractivity contribution in [1.82, 2.24) is 0 Å². The van der Waals surface area contributed by atoms with E-state index >= 15 is 0 Å². The number of rotatable bonds is 0. The molecule has 0 N–H and O–H groups in total. The summed E-state index contributed by atoms with van der Waals surface area (Å²) in [6, 6.07) is 15.4. The van der Waals surface area contributed by atoms with E-state index in [1.807, 2.05) is 6.92 Å². The van der Waals surface area contributed by atoms with Gasteiger partial charge in [0.1, 0.15) is 11.5 Å². The first-order valence-corrected chi connectivity index (χ1v) is 14.5. The van der Waals surface area contributed by atoms with Gasteiger partial charge in [-0.25, -0.2) is 0 Å². The van der Waals surface area contributed by atoms with Crippen molar-refractivity contribution >= 4 is 30.1 Å². The van der Waals surface area contributed by atoms with Crippen molar-refractivity contribution in [2.24, 2.45) is 0 Å². The molecular weight excluding hydrogens is 506 g/mol. The van der Waals surface area contributed by atoms with E-state index in [4.69, 9.17) is 4.42 Å². The van der Waals surface area contributed by atoms with E-state index in [0.717, 1.165) is 11.3 Å². The van der Waals surface area contributed by atoms with E-state index in [2.05, 4.69) is 75.5 Å². The number of allylic oxidation sites excluding steroid dienone is 2. The Morgan fingerprint density at radius 1 is 0.933 bits per heavy atom. The van der Waals surface area contributed by atoms with Gasteiger partial charge in [-0.3, -0.25) is 0 Å². The van der Waals surface area contributed by atoms with Crippen LogP contribution < -0.4 is 24.8 Å². The van der Waals surface area contributed by atoms with Crippen molar-refractivity contribution in [3.05, 3.63) is 81.8 Å². The van der Waals surface area contributed by atoms with Gasteiger partial charge in [-0.15, -0.1) is 0 Å². The Kier molecular flexibility index (Phi) is 6.54. The molecule has 0 spiro atoms. The first-order valence-electron chi connectivity index (χ1n) is 10.0. The quantitative estimate of drug-likeness (QED) is 0.397. The second kappa shape index (κ2) is 8.24. The summed E-state index contributed by atoms with van der Waals surface area (Å²) in [5.74, 6) is 2.31. The number of hydrogen-bond donors (Lipinski definition) is 0. The fourth-order valence-electron chi connectivity index (χ4n) is 5.58. The number of aryl methyl sites for hydroxylation is 1. The molecular formula is C25H25Cl2OSiZr. The van der Waals surface area contributed by atoms with Crippen LogP contribution in [-0.4, -0.2) is 8.07 Å². The molecule has 0 saturated heterocycles. The van der Waals surface area contributed by atoms with Crippen LogP contribution in [0.5, 0.6) is 0 Å². The SMILES string of the molecule is CC1=C2c3oc(C)cc3C1[Si]2(C)C.CC1=Cc2c(ccc3ccccc23)[CH]1[Zr+2].[Cl-].[Cl-]. The molecule has 30 heavy (non-hydrogen) atoms. The molecule has 0 radical (unpaired) electrons. The normalized spacial score (nSPS) is 21.5. The average molecular weight is 532 g/mol. The fraction of sp³-hybridized carbons (Fsp3) is 0.280. The monoisotopic (exact) mass is 529 g/mol. The molecule has 1 nitrogen and oxygen atoms in total. The molecule has 2 aromatic carbocycles. The third kappa shape index (κ3) is 3.28. The van der Waals surface area contributed by atoms with Crippen LogP contribution >= 0.6 is 0 Å². The van der Waals surface area contributed by atoms with Gasteiger partial charge in [0.05, 0.1) is 8.07 Å². The number of hydrogen-bond acceptors (Lipinski definition) is 1. The molecule has 4 aliphatic rings. The van der Waals surface area contributed by atoms with E-state index in [1.165, 1.54) is 38.8 Å². The molecule has 0 fully saturated rings. The first-order chi connectivity index (χ1) is 13.3. The second-order valence-electron chi connectivity index (χ2n) is 8.97. The van der Waals surface area contributed by atoms with E-state index < -0.39 is 8.07 Å². The first kappa shape index (κ1) is 23.8. The third-order valence-corrected chi connectivity index (χ3v) is 12.7. The van der Waals surface area contributed by atoms with Gasteiger partial charge in [0.2, 0.25) is 0 Å². The van der Waals surface area contributed by atoms with Crippen LogP contribution in [0.4, 0.5) is 0 Å². The largest absolute Gasteiger partial charge is 1.00 e. The maximum atomic E-state index is 5.76. The molecule has 0 saturated carbocycles. The number of fused-ring (bicyclic) bond motifs is 3. The van der Waals surface area contributed by atoms with Crippen molar-refractivity contribution < 1.29 is 54.0 Å². The smallest absolute Gasteiger partial charge is 1.00 e. The van der Waals surface area contributed by atoms with Crippen molar-refractivity contribution in [2.75, 3.05) is 0 Å². The summed E-state index contributed by atoms with van der Waals surface area (Å²) in [5.41, 5.74) is 8.33. The molecule has 7 rings (SSSR count). The van der Waals surface area contributed by atoms with Crippen molar-refractivity contribution in [3.8, 4) is 0 Å². The topological polar surface area (TPSA) is 13.1 Å². The summed E-state index contributed by atoms with van der Waals surface area (Å²) >= 11 is 1.60. The van der Waals surface area contributed by atoms with Gasteiger partial charge in [-0.05, 0) is 25.1 Å². The Labute approximate surface area is 207 Å². The predicted octanol–water partition coefficient (Wildman–Crippen LogP) is 1.11. The summed E-state index contributed by atoms with van der Waals surface area (Å²) in [4.78, 5) is 0. The zero-order valence-corrected chi connectivity index (χ0v) is 22.9. The standard InChI is InChI=1S/C14H11.C11H14OSi.2ClH.Zr/c1-10-8-12-7-6-11-4-2-3-5-13(11)14(12)9-10;1-6-5-8-9(12-6)11-7(2)10(8)13(11,3)4;;;/h2-9H,1H3;5,10H,1-4H3;2*1H;/q;;;;+2/p-2. The molecule has 153 valence electrons. The Balaban J connectivity index is 0.000000161. The Hall–Kier alpha value is -0.860. The van der Waals surface area contributed by atoms with Crippen LogP contribution in [0.2, 0.25) is 13.1 Å². The van der Waals surface area contributed by atoms with Gasteiger partial charge < -0.3 is 29.2 Å². The molecule has 2 bridgehead atoms. The molecule has 3 heterocycles. The van der Waals surface area contributed by atoms with Crippen LogP contribution in [0.1, 0.15) is 51.2 Å². The fourth-order valence-corrected chi connectivity index (χ4v) is 10.6. The van der Waals surface area contributed by atoms with Gasteiger partial charge >= 0.3 is 105 Å². The molecule has 0 amide bonds. The maximum absolute atomic E-state index is 5.76. The summed E-state index contributed by atoms with van der Waals surface area (Å²) in [6.45, 7) is 11.5. The van der Waals surface area contributed by atoms with Crippen LogP contribution in [0.25, 0.3) is 22.0 Å². The zero-order chi connectivity index (χ0) is 19.8. The van der Waals surface area contributed by atoms with Crippen molar-refractivity contribution in [3.63, 3.8) is 0 Å². The molecule has 2 aliphatic carbocycles. The Morgan fingerprint density at radius 2 is 1.63 bits per heavy atom. The predicted molar refractivity (Wildman–Crippen MR) is 117 cm³/mol. The minimum absolute atomic E-state index is 0. The van der Waals surface area contributed by atoms with E-state index in [0.29, 0.717) is 3.63 Å². The van der Waals surface area contributed by atoms with Gasteiger partial charge in [0.15, 0.2) is 0 Å². The average Bonchev–Trinajstić information content (AvgIpc) is 3.30. The number of benzene rings is 2. The van der Waals surface area contributed by atoms with Gasteiger partial charge in [-0.1, -0.05) is 18.7 Å². The zero-order valence-electron chi connectivity index (χ0n) is 17.9. The number of halogens is 2. The summed E-state index contributed by atoms with van der Waals surface area (Å²) in [6.07, 6.45) is 2.36. The van der Waals surface area contributed by atoms with Crippen LogP contribution in [0.15, 0.2) is 58.0 Å². The van der Waals surface area contributed by atoms with Crippen molar-refractivity contribution in [2.45, 2.75) is 43.0 Å². The van der Waals surface area contributed by atoms with E-state index in [9.17, 15) is 0 Å². The molecule has 5 heteroatoms. The Bertz CT molecular complexity index is 1210. The van der Waals surface area contributed by atoms with Gasteiger partial charge in [-0.2, -0.15) is 0 Å². The van der Waals surface area contributed by atoms with Gasteiger partial charge in [0.25, 0.3) is 0 Å². The number of furan rings is 1. The van der Waals surface area contributed by atoms with Gasteiger partial charge in [0, 0.05) is 11.1 Å². The second-order valence-corrected chi connectivity index (χ2v) is 14.9. The van der Waals surface area contributed by atoms with Crippen LogP contribution in [-0.2, 0) is 24.7 Å². The van der Waals surface area contributed by atoms with Crippen LogP contribution in [0.3, 0.4) is 0 Å². The molecule has 1 aromatic heterocycles. The summed E-state index contributed by atoms with van der Waals surface area (Å²) in [5, 5.41) is 4.35. The molecule has 2 aliphatic heterocycles. The van der Waals surface area contributed by atoms with E-state index in [-0.39, 0.29) is 24.8 Å². The third-order valence-electron chi connectivity index (χ3n) is 6.76. The molecule has 3 aromatic rings. The van der Waals surface area contributed by atoms with E-state index in [1.54, 1.807) is 35.5 Å². The summed E-state index contributed by atoms with van der Waals surface area (Å²) in [7, 11) is -1.10. The summed E-state index contributed by atoms with van der Waals surface area (Å²) < 4.78 is 6.44. The minimum Gasteiger partial charge on any atom is -1.00 e. The Morgan fingerprint density at radius 3 is 2.30 bits per heavy atom. The molecule has 2 unspecified atom stereocenters. The minimum atomic E-state index is -1.10.